The van der Waals surface area contributed by atoms with Crippen molar-refractivity contribution in [1.82, 2.24) is 4.57 Å². The van der Waals surface area contributed by atoms with Crippen LogP contribution in [0.5, 0.6) is 17.5 Å². The van der Waals surface area contributed by atoms with Gasteiger partial charge >= 0.3 is 0 Å². The molecule has 12 nitrogen and oxygen atoms in total. The zero-order valence-corrected chi connectivity index (χ0v) is 20.7. The quantitative estimate of drug-likeness (QED) is 0.329. The third kappa shape index (κ3) is 3.36. The van der Waals surface area contributed by atoms with Gasteiger partial charge in [-0.15, -0.1) is 0 Å². The van der Waals surface area contributed by atoms with Crippen molar-refractivity contribution >= 4 is 34.7 Å². The number of hydrogen-bond acceptors (Lipinski definition) is 10. The second-order valence-electron chi connectivity index (χ2n) is 10.5. The van der Waals surface area contributed by atoms with Gasteiger partial charge in [0.05, 0.1) is 18.0 Å². The van der Waals surface area contributed by atoms with E-state index in [9.17, 15) is 44.4 Å². The average Bonchev–Trinajstić information content (AvgIpc) is 3.14. The number of carbonyl (C=O) groups is 5. The van der Waals surface area contributed by atoms with Gasteiger partial charge in [-0.05, 0) is 30.4 Å². The molecule has 5 rings (SSSR count). The Morgan fingerprint density at radius 3 is 2.29 bits per heavy atom. The number of fused-ring (bicyclic) bond motifs is 3. The highest BCUT2D eigenvalue weighted by Gasteiger charge is 2.66. The first-order valence-corrected chi connectivity index (χ1v) is 12.1. The van der Waals surface area contributed by atoms with Crippen molar-refractivity contribution in [2.75, 3.05) is 19.0 Å². The molecule has 1 aromatic carbocycles. The maximum Gasteiger partial charge on any atom is 0.235 e. The predicted octanol–water partition coefficient (Wildman–Crippen LogP) is -0.346. The number of amides is 1. The van der Waals surface area contributed by atoms with Crippen LogP contribution in [0.1, 0.15) is 34.3 Å². The fraction of sp³-hybridized carbons (Fsp3) is 0.423. The number of anilines is 1. The number of nitrogens with zero attached hydrogens (tertiary/aromatic N) is 2. The minimum atomic E-state index is -2.72. The molecule has 0 spiro atoms. The molecule has 0 saturated heterocycles. The summed E-state index contributed by atoms with van der Waals surface area (Å²) >= 11 is 0. The molecule has 0 aliphatic heterocycles. The monoisotopic (exact) mass is 525 g/mol. The summed E-state index contributed by atoms with van der Waals surface area (Å²) in [5, 5.41) is 42.7. The highest BCUT2D eigenvalue weighted by molar-refractivity contribution is 6.31. The van der Waals surface area contributed by atoms with Crippen LogP contribution in [-0.4, -0.2) is 73.7 Å². The van der Waals surface area contributed by atoms with E-state index in [0.29, 0.717) is 11.3 Å². The van der Waals surface area contributed by atoms with Crippen molar-refractivity contribution in [3.63, 3.8) is 0 Å². The Morgan fingerprint density at radius 1 is 1.08 bits per heavy atom. The number of aromatic nitrogens is 1. The minimum Gasteiger partial charge on any atom is -0.507 e. The van der Waals surface area contributed by atoms with E-state index in [1.165, 1.54) is 12.1 Å². The summed E-state index contributed by atoms with van der Waals surface area (Å²) in [6, 6.07) is 4.14. The lowest BCUT2D eigenvalue weighted by Gasteiger charge is -2.48. The fourth-order valence-corrected chi connectivity index (χ4v) is 6.37. The topological polar surface area (TPSA) is 200 Å². The van der Waals surface area contributed by atoms with Crippen LogP contribution in [0, 0.1) is 23.7 Å². The van der Waals surface area contributed by atoms with Crippen LogP contribution in [-0.2, 0) is 32.1 Å². The highest BCUT2D eigenvalue weighted by atomic mass is 16.3. The van der Waals surface area contributed by atoms with Crippen molar-refractivity contribution < 1.29 is 44.4 Å². The maximum absolute atomic E-state index is 13.9. The number of carbonyl (C=O) groups excluding carboxylic acids is 5. The molecule has 3 aliphatic carbocycles. The van der Waals surface area contributed by atoms with Gasteiger partial charge in [-0.25, -0.2) is 0 Å². The van der Waals surface area contributed by atoms with E-state index in [-0.39, 0.29) is 42.3 Å². The normalized spacial score (nSPS) is 28.5. The third-order valence-corrected chi connectivity index (χ3v) is 8.20. The van der Waals surface area contributed by atoms with E-state index >= 15 is 0 Å². The van der Waals surface area contributed by atoms with Gasteiger partial charge in [0.25, 0.3) is 0 Å². The summed E-state index contributed by atoms with van der Waals surface area (Å²) in [4.78, 5) is 66.6. The summed E-state index contributed by atoms with van der Waals surface area (Å²) in [6.45, 7) is -0.202. The average molecular weight is 526 g/mol. The Kier molecular flexibility index (Phi) is 5.64. The Hall–Kier alpha value is -4.19. The molecule has 2 aromatic rings. The minimum absolute atomic E-state index is 0.00153. The molecule has 2 fully saturated rings. The molecule has 5 atom stereocenters. The Labute approximate surface area is 216 Å². The number of aliphatic hydroxyl groups is 1. The summed E-state index contributed by atoms with van der Waals surface area (Å²) in [5.74, 6) is -11.4. The Bertz CT molecular complexity index is 1420. The number of benzene rings is 1. The van der Waals surface area contributed by atoms with Crippen LogP contribution in [0.25, 0.3) is 0 Å². The number of phenolic OH excluding ortho intramolecular Hbond substituents is 1. The molecule has 2 saturated carbocycles. The molecule has 38 heavy (non-hydrogen) atoms. The van der Waals surface area contributed by atoms with E-state index in [1.807, 2.05) is 0 Å². The molecule has 1 aromatic heterocycles. The van der Waals surface area contributed by atoms with Gasteiger partial charge in [0.15, 0.2) is 46.4 Å². The number of ketones is 4. The fourth-order valence-electron chi connectivity index (χ4n) is 6.37. The van der Waals surface area contributed by atoms with Crippen LogP contribution < -0.4 is 10.6 Å². The lowest BCUT2D eigenvalue weighted by atomic mass is 9.53. The zero-order chi connectivity index (χ0) is 27.8. The summed E-state index contributed by atoms with van der Waals surface area (Å²) in [6.07, 6.45) is -0.255. The molecule has 4 unspecified atom stereocenters. The molecular formula is C26H27N3O9. The largest absolute Gasteiger partial charge is 0.507 e. The first-order valence-electron chi connectivity index (χ1n) is 12.1. The van der Waals surface area contributed by atoms with E-state index in [0.717, 1.165) is 4.57 Å². The number of Topliss-reactive ketones (excluding diaryl/α,β-unsaturated/α-hetero) is 4. The molecule has 3 aliphatic rings. The first kappa shape index (κ1) is 25.5. The lowest BCUT2D eigenvalue weighted by molar-refractivity contribution is -0.175. The van der Waals surface area contributed by atoms with E-state index in [4.69, 9.17) is 5.73 Å². The Balaban J connectivity index is 1.62. The molecule has 0 bridgehead atoms. The molecule has 6 N–H and O–H groups in total. The van der Waals surface area contributed by atoms with Crippen molar-refractivity contribution in [2.45, 2.75) is 31.4 Å². The van der Waals surface area contributed by atoms with E-state index in [2.05, 4.69) is 0 Å². The number of hydrogen-bond donors (Lipinski definition) is 5. The molecular weight excluding hydrogens is 498 g/mol. The van der Waals surface area contributed by atoms with Crippen LogP contribution in [0.3, 0.4) is 0 Å². The van der Waals surface area contributed by atoms with Crippen LogP contribution in [0.4, 0.5) is 5.69 Å². The van der Waals surface area contributed by atoms with Crippen molar-refractivity contribution in [2.24, 2.45) is 29.4 Å². The number of nitrogens with two attached hydrogens (primary N) is 1. The second-order valence-corrected chi connectivity index (χ2v) is 10.5. The van der Waals surface area contributed by atoms with E-state index in [1.54, 1.807) is 25.1 Å². The number of primary amides is 1. The second kappa shape index (κ2) is 8.42. The van der Waals surface area contributed by atoms with Gasteiger partial charge in [0, 0.05) is 49.8 Å². The summed E-state index contributed by atoms with van der Waals surface area (Å²) in [7, 11) is 3.45. The van der Waals surface area contributed by atoms with Crippen LogP contribution >= 0.6 is 0 Å². The predicted molar refractivity (Wildman–Crippen MR) is 130 cm³/mol. The standard InChI is InChI=1S/C26H27N3O9/c1-28(2)14-7-11(9-29-16(31)3-4-17(29)32)21(33)19-13(14)6-10-5-12-8-15(30)20(25(27)37)24(36)26(12,38)23(35)18(10)22(19)34/h3-4,7,10,12,18,20,31-33,38H,5-6,8-9H2,1-2H3,(H2,27,37)/t10?,12?,18?,20?,26-/m0/s1. The van der Waals surface area contributed by atoms with Gasteiger partial charge in [0.2, 0.25) is 5.91 Å². The summed E-state index contributed by atoms with van der Waals surface area (Å²) < 4.78 is 1.11. The number of rotatable bonds is 4. The molecule has 0 radical (unpaired) electrons. The van der Waals surface area contributed by atoms with Gasteiger partial charge in [-0.1, -0.05) is 0 Å². The zero-order valence-electron chi connectivity index (χ0n) is 20.7. The number of aromatic hydroxyl groups is 3. The lowest BCUT2D eigenvalue weighted by Crippen LogP contribution is -2.68. The molecule has 12 heteroatoms. The van der Waals surface area contributed by atoms with Crippen LogP contribution in [0.2, 0.25) is 0 Å². The van der Waals surface area contributed by atoms with Crippen LogP contribution in [0.15, 0.2) is 18.2 Å². The molecule has 200 valence electrons. The SMILES string of the molecule is CN(C)c1cc(Cn2c(O)ccc2O)c(O)c2c1CC1CC3CC(=O)C(C(N)=O)C(=O)[C@@]3(O)C(=O)C1C2=O. The third-order valence-electron chi connectivity index (χ3n) is 8.20. The van der Waals surface area contributed by atoms with Gasteiger partial charge in [-0.3, -0.25) is 28.5 Å². The maximum atomic E-state index is 13.9. The van der Waals surface area contributed by atoms with Gasteiger partial charge < -0.3 is 31.1 Å². The smallest absolute Gasteiger partial charge is 0.235 e. The molecule has 1 heterocycles. The van der Waals surface area contributed by atoms with Gasteiger partial charge in [0.1, 0.15) is 5.75 Å². The highest BCUT2D eigenvalue weighted by Crippen LogP contribution is 2.51. The Morgan fingerprint density at radius 2 is 1.71 bits per heavy atom. The van der Waals surface area contributed by atoms with Crippen molar-refractivity contribution in [3.8, 4) is 17.5 Å². The first-order chi connectivity index (χ1) is 17.8. The van der Waals surface area contributed by atoms with Crippen molar-refractivity contribution in [3.05, 3.63) is 34.9 Å². The molecule has 1 amide bonds. The van der Waals surface area contributed by atoms with Crippen molar-refractivity contribution in [1.29, 1.82) is 0 Å². The van der Waals surface area contributed by atoms with E-state index < -0.39 is 70.5 Å². The number of phenols is 1. The van der Waals surface area contributed by atoms with Gasteiger partial charge in [-0.2, -0.15) is 0 Å². The summed E-state index contributed by atoms with van der Waals surface area (Å²) in [5.41, 5.74) is 3.53.